The number of hydrogen-bond donors (Lipinski definition) is 1. The van der Waals surface area contributed by atoms with Crippen LogP contribution in [0.3, 0.4) is 0 Å². The average molecular weight is 353 g/mol. The molecule has 0 saturated heterocycles. The Bertz CT molecular complexity index is 841. The number of allylic oxidation sites excluding steroid dienone is 1. The van der Waals surface area contributed by atoms with Gasteiger partial charge in [-0.2, -0.15) is 27.5 Å². The van der Waals surface area contributed by atoms with Crippen LogP contribution in [0.1, 0.15) is 11.5 Å². The standard InChI is InChI=1S/C18H13ClN4S/c19-15-4-2-1-3-12(15)16-14-8-24-6-5-11(14)13(7-20)17(23)18(16,9-21)10-22/h1-5,13-14,16,23H,6,8H2/t13-,14-,16+/m0/s1. The number of nitrogens with zero attached hydrogens (tertiary/aromatic N) is 3. The summed E-state index contributed by atoms with van der Waals surface area (Å²) >= 11 is 8.07. The molecule has 4 nitrogen and oxygen atoms in total. The minimum absolute atomic E-state index is 0.130. The van der Waals surface area contributed by atoms with Crippen LogP contribution in [0, 0.1) is 56.7 Å². The lowest BCUT2D eigenvalue weighted by Gasteiger charge is -2.45. The van der Waals surface area contributed by atoms with Gasteiger partial charge in [-0.1, -0.05) is 35.9 Å². The van der Waals surface area contributed by atoms with Crippen LogP contribution in [0.15, 0.2) is 35.9 Å². The van der Waals surface area contributed by atoms with Gasteiger partial charge in [0.1, 0.15) is 5.92 Å². The summed E-state index contributed by atoms with van der Waals surface area (Å²) in [6.45, 7) is 0. The number of nitrogens with one attached hydrogen (secondary N) is 1. The summed E-state index contributed by atoms with van der Waals surface area (Å²) in [5.41, 5.74) is -0.255. The van der Waals surface area contributed by atoms with Crippen LogP contribution < -0.4 is 0 Å². The third kappa shape index (κ3) is 2.23. The van der Waals surface area contributed by atoms with Crippen molar-refractivity contribution in [1.82, 2.24) is 0 Å². The molecule has 0 unspecified atom stereocenters. The Morgan fingerprint density at radius 2 is 1.92 bits per heavy atom. The van der Waals surface area contributed by atoms with Gasteiger partial charge in [-0.15, -0.1) is 0 Å². The maximum atomic E-state index is 9.85. The number of halogens is 1. The van der Waals surface area contributed by atoms with Gasteiger partial charge < -0.3 is 5.41 Å². The number of hydrogen-bond acceptors (Lipinski definition) is 5. The Morgan fingerprint density at radius 3 is 2.54 bits per heavy atom. The van der Waals surface area contributed by atoms with Gasteiger partial charge in [-0.25, -0.2) is 0 Å². The average Bonchev–Trinajstić information content (AvgIpc) is 2.62. The Labute approximate surface area is 149 Å². The molecule has 1 aromatic rings. The van der Waals surface area contributed by atoms with E-state index in [1.54, 1.807) is 23.9 Å². The summed E-state index contributed by atoms with van der Waals surface area (Å²) in [5, 5.41) is 38.2. The van der Waals surface area contributed by atoms with Crippen molar-refractivity contribution in [2.75, 3.05) is 11.5 Å². The molecule has 24 heavy (non-hydrogen) atoms. The fourth-order valence-electron chi connectivity index (χ4n) is 3.68. The van der Waals surface area contributed by atoms with Crippen LogP contribution in [0.4, 0.5) is 0 Å². The van der Waals surface area contributed by atoms with Crippen molar-refractivity contribution in [3.05, 3.63) is 46.5 Å². The molecule has 0 amide bonds. The van der Waals surface area contributed by atoms with Crippen molar-refractivity contribution in [2.24, 2.45) is 17.3 Å². The van der Waals surface area contributed by atoms with E-state index in [-0.39, 0.29) is 11.6 Å². The van der Waals surface area contributed by atoms with Crippen molar-refractivity contribution in [3.63, 3.8) is 0 Å². The lowest BCUT2D eigenvalue weighted by atomic mass is 9.55. The van der Waals surface area contributed by atoms with E-state index in [2.05, 4.69) is 18.2 Å². The van der Waals surface area contributed by atoms with Gasteiger partial charge in [0, 0.05) is 28.4 Å². The lowest BCUT2D eigenvalue weighted by molar-refractivity contribution is 0.378. The highest BCUT2D eigenvalue weighted by Gasteiger charge is 2.57. The van der Waals surface area contributed by atoms with Crippen LogP contribution in [0.5, 0.6) is 0 Å². The molecule has 1 fully saturated rings. The zero-order chi connectivity index (χ0) is 17.3. The van der Waals surface area contributed by atoms with E-state index in [0.29, 0.717) is 16.3 Å². The largest absolute Gasteiger partial charge is 0.305 e. The van der Waals surface area contributed by atoms with Crippen molar-refractivity contribution in [3.8, 4) is 18.2 Å². The van der Waals surface area contributed by atoms with Gasteiger partial charge in [0.2, 0.25) is 0 Å². The number of rotatable bonds is 1. The molecule has 0 aromatic heterocycles. The normalized spacial score (nSPS) is 27.8. The number of thioether (sulfide) groups is 1. The van der Waals surface area contributed by atoms with Crippen LogP contribution in [0.25, 0.3) is 0 Å². The monoisotopic (exact) mass is 352 g/mol. The number of nitriles is 3. The van der Waals surface area contributed by atoms with Crippen molar-refractivity contribution < 1.29 is 0 Å². The summed E-state index contributed by atoms with van der Waals surface area (Å²) in [4.78, 5) is 0. The highest BCUT2D eigenvalue weighted by Crippen LogP contribution is 2.55. The second kappa shape index (κ2) is 6.33. The smallest absolute Gasteiger partial charge is 0.189 e. The Kier molecular flexibility index (Phi) is 4.37. The summed E-state index contributed by atoms with van der Waals surface area (Å²) in [5.74, 6) is -0.0234. The number of fused-ring (bicyclic) bond motifs is 1. The first-order valence-electron chi connectivity index (χ1n) is 7.44. The summed E-state index contributed by atoms with van der Waals surface area (Å²) in [7, 11) is 0. The molecule has 1 saturated carbocycles. The Hall–Kier alpha value is -2.26. The fraction of sp³-hybridized carbons (Fsp3) is 0.333. The fourth-order valence-corrected chi connectivity index (χ4v) is 5.02. The topological polar surface area (TPSA) is 95.2 Å². The van der Waals surface area contributed by atoms with Crippen LogP contribution >= 0.6 is 23.4 Å². The molecule has 2 aliphatic rings. The molecule has 1 aromatic carbocycles. The van der Waals surface area contributed by atoms with Crippen molar-refractivity contribution >= 4 is 29.1 Å². The molecule has 1 heterocycles. The van der Waals surface area contributed by atoms with E-state index in [1.165, 1.54) is 0 Å². The first-order valence-corrected chi connectivity index (χ1v) is 8.97. The molecule has 0 radical (unpaired) electrons. The van der Waals surface area contributed by atoms with Crippen LogP contribution in [-0.2, 0) is 0 Å². The molecule has 1 N–H and O–H groups in total. The molecular formula is C18H13ClN4S. The van der Waals surface area contributed by atoms with Gasteiger partial charge in [0.25, 0.3) is 0 Å². The number of benzene rings is 1. The highest BCUT2D eigenvalue weighted by atomic mass is 35.5. The van der Waals surface area contributed by atoms with Gasteiger partial charge in [-0.3, -0.25) is 0 Å². The predicted octanol–water partition coefficient (Wildman–Crippen LogP) is 3.92. The van der Waals surface area contributed by atoms with Crippen LogP contribution in [-0.4, -0.2) is 17.2 Å². The quantitative estimate of drug-likeness (QED) is 0.775. The van der Waals surface area contributed by atoms with Gasteiger partial charge in [-0.05, 0) is 17.2 Å². The second-order valence-electron chi connectivity index (χ2n) is 5.85. The Morgan fingerprint density at radius 1 is 1.21 bits per heavy atom. The second-order valence-corrected chi connectivity index (χ2v) is 7.34. The molecule has 0 bridgehead atoms. The van der Waals surface area contributed by atoms with Gasteiger partial charge in [0.05, 0.1) is 23.9 Å². The first-order chi connectivity index (χ1) is 11.6. The highest BCUT2D eigenvalue weighted by molar-refractivity contribution is 7.99. The minimum Gasteiger partial charge on any atom is -0.305 e. The predicted molar refractivity (Wildman–Crippen MR) is 93.6 cm³/mol. The van der Waals surface area contributed by atoms with E-state index < -0.39 is 17.3 Å². The molecule has 3 atom stereocenters. The zero-order valence-corrected chi connectivity index (χ0v) is 14.2. The molecular weight excluding hydrogens is 340 g/mol. The summed E-state index contributed by atoms with van der Waals surface area (Å²) in [6.07, 6.45) is 1.98. The van der Waals surface area contributed by atoms with E-state index in [1.807, 2.05) is 18.2 Å². The van der Waals surface area contributed by atoms with Crippen LogP contribution in [0.2, 0.25) is 5.02 Å². The van der Waals surface area contributed by atoms with Gasteiger partial charge in [0.15, 0.2) is 5.41 Å². The van der Waals surface area contributed by atoms with Crippen molar-refractivity contribution in [2.45, 2.75) is 5.92 Å². The van der Waals surface area contributed by atoms with Gasteiger partial charge >= 0.3 is 0 Å². The molecule has 6 heteroatoms. The zero-order valence-electron chi connectivity index (χ0n) is 12.7. The third-order valence-corrected chi connectivity index (χ3v) is 6.14. The maximum absolute atomic E-state index is 9.85. The van der Waals surface area contributed by atoms with E-state index in [4.69, 9.17) is 17.0 Å². The van der Waals surface area contributed by atoms with E-state index in [0.717, 1.165) is 11.3 Å². The lowest BCUT2D eigenvalue weighted by Crippen LogP contribution is -2.49. The SMILES string of the molecule is N#C[C@@H]1C(=N)C(C#N)(C#N)[C@H](c2ccccc2Cl)[C@H]2CSCC=C12. The van der Waals surface area contributed by atoms with Crippen molar-refractivity contribution in [1.29, 1.82) is 21.2 Å². The maximum Gasteiger partial charge on any atom is 0.189 e. The molecule has 1 aliphatic carbocycles. The summed E-state index contributed by atoms with van der Waals surface area (Å²) in [6, 6.07) is 13.4. The van der Waals surface area contributed by atoms with E-state index >= 15 is 0 Å². The minimum atomic E-state index is -1.68. The summed E-state index contributed by atoms with van der Waals surface area (Å²) < 4.78 is 0. The first kappa shape index (κ1) is 16.6. The molecule has 3 rings (SSSR count). The van der Waals surface area contributed by atoms with E-state index in [9.17, 15) is 15.8 Å². The third-order valence-electron chi connectivity index (χ3n) is 4.80. The molecule has 118 valence electrons. The molecule has 0 spiro atoms. The molecule has 1 aliphatic heterocycles. The Balaban J connectivity index is 2.29.